The Hall–Kier alpha value is -2.52. The summed E-state index contributed by atoms with van der Waals surface area (Å²) in [5, 5.41) is 9.02. The van der Waals surface area contributed by atoms with E-state index >= 15 is 0 Å². The van der Waals surface area contributed by atoms with Crippen molar-refractivity contribution in [3.05, 3.63) is 0 Å². The minimum Gasteiger partial charge on any atom is -0.480 e. The number of amides is 2. The number of carbonyl (C=O) groups excluding carboxylic acids is 3. The molecule has 0 aromatic rings. The van der Waals surface area contributed by atoms with E-state index in [1.807, 2.05) is 20.8 Å². The normalized spacial score (nSPS) is 30.9. The molecule has 4 rings (SSSR count). The van der Waals surface area contributed by atoms with Crippen molar-refractivity contribution in [2.45, 2.75) is 110 Å². The number of rotatable bonds is 3. The van der Waals surface area contributed by atoms with Crippen LogP contribution in [0.25, 0.3) is 0 Å². The molecule has 0 aromatic carbocycles. The fourth-order valence-electron chi connectivity index (χ4n) is 4.74. The lowest BCUT2D eigenvalue weighted by molar-refractivity contribution is -0.149. The standard InChI is InChI=1S/C13H21NO4.C11H17NO4/c1-5-17-11(15)10-7-8-6-9(8)14(10)12(16)18-13(2,3)4;1-11(2,3)16-10(15)12-7-4-6(7)5-8(12)9(13)14/h8-10H,5-7H2,1-4H3;6-8H,4-5H2,1-3H3,(H,13,14)/t8-,9-,10-;6-,7-,8-/m00/s1. The lowest BCUT2D eigenvalue weighted by atomic mass is 10.1. The lowest BCUT2D eigenvalue weighted by Crippen LogP contribution is -2.46. The van der Waals surface area contributed by atoms with Crippen LogP contribution in [0.3, 0.4) is 0 Å². The molecule has 2 saturated heterocycles. The van der Waals surface area contributed by atoms with Crippen LogP contribution in [0.15, 0.2) is 0 Å². The lowest BCUT2D eigenvalue weighted by Gasteiger charge is -2.29. The topological polar surface area (TPSA) is 123 Å². The molecule has 10 nitrogen and oxygen atoms in total. The van der Waals surface area contributed by atoms with Crippen LogP contribution in [0, 0.1) is 11.8 Å². The molecule has 4 aliphatic rings. The molecule has 0 bridgehead atoms. The summed E-state index contributed by atoms with van der Waals surface area (Å²) < 4.78 is 15.6. The molecule has 2 amide bonds. The van der Waals surface area contributed by atoms with Crippen molar-refractivity contribution in [2.75, 3.05) is 6.61 Å². The van der Waals surface area contributed by atoms with Crippen molar-refractivity contribution in [3.63, 3.8) is 0 Å². The van der Waals surface area contributed by atoms with E-state index in [-0.39, 0.29) is 18.1 Å². The third-order valence-corrected chi connectivity index (χ3v) is 6.26. The van der Waals surface area contributed by atoms with E-state index in [9.17, 15) is 19.2 Å². The maximum atomic E-state index is 12.1. The maximum absolute atomic E-state index is 12.1. The first-order valence-electron chi connectivity index (χ1n) is 12.0. The number of hydrogen-bond acceptors (Lipinski definition) is 7. The Morgan fingerprint density at radius 2 is 1.18 bits per heavy atom. The van der Waals surface area contributed by atoms with Crippen LogP contribution < -0.4 is 0 Å². The third kappa shape index (κ3) is 6.13. The molecule has 0 spiro atoms. The first kappa shape index (κ1) is 26.1. The van der Waals surface area contributed by atoms with Gasteiger partial charge in [-0.2, -0.15) is 0 Å². The van der Waals surface area contributed by atoms with Gasteiger partial charge in [-0.1, -0.05) is 0 Å². The molecule has 10 heteroatoms. The van der Waals surface area contributed by atoms with Gasteiger partial charge in [0.25, 0.3) is 0 Å². The monoisotopic (exact) mass is 482 g/mol. The predicted octanol–water partition coefficient (Wildman–Crippen LogP) is 3.42. The third-order valence-electron chi connectivity index (χ3n) is 6.26. The number of carbonyl (C=O) groups is 4. The summed E-state index contributed by atoms with van der Waals surface area (Å²) in [6.07, 6.45) is 2.29. The van der Waals surface area contributed by atoms with E-state index in [1.54, 1.807) is 32.6 Å². The summed E-state index contributed by atoms with van der Waals surface area (Å²) in [6, 6.07) is -0.882. The SMILES string of the molecule is CC(C)(C)OC(=O)N1[C@H](C(=O)O)C[C@@H]2C[C@@H]21.CCOC(=O)[C@@H]1C[C@@H]2C[C@@H]2N1C(=O)OC(C)(C)C. The van der Waals surface area contributed by atoms with Crippen molar-refractivity contribution in [1.82, 2.24) is 9.80 Å². The van der Waals surface area contributed by atoms with E-state index in [2.05, 4.69) is 0 Å². The van der Waals surface area contributed by atoms with E-state index in [0.717, 1.165) is 12.8 Å². The zero-order chi connectivity index (χ0) is 25.6. The number of nitrogens with zero attached hydrogens (tertiary/aromatic N) is 2. The Morgan fingerprint density at radius 3 is 1.56 bits per heavy atom. The number of carboxylic acids is 1. The highest BCUT2D eigenvalue weighted by Crippen LogP contribution is 2.49. The maximum Gasteiger partial charge on any atom is 0.411 e. The van der Waals surface area contributed by atoms with Crippen LogP contribution in [0.4, 0.5) is 9.59 Å². The Balaban J connectivity index is 0.000000192. The summed E-state index contributed by atoms with van der Waals surface area (Å²) >= 11 is 0. The molecule has 0 unspecified atom stereocenters. The second-order valence-electron chi connectivity index (χ2n) is 11.5. The first-order chi connectivity index (χ1) is 15.6. The number of fused-ring (bicyclic) bond motifs is 2. The summed E-state index contributed by atoms with van der Waals surface area (Å²) in [6.45, 7) is 12.9. The van der Waals surface area contributed by atoms with Crippen molar-refractivity contribution in [3.8, 4) is 0 Å². The molecular weight excluding hydrogens is 444 g/mol. The first-order valence-corrected chi connectivity index (χ1v) is 12.0. The molecule has 1 N–H and O–H groups in total. The van der Waals surface area contributed by atoms with Crippen LogP contribution in [0.5, 0.6) is 0 Å². The Kier molecular flexibility index (Phi) is 7.11. The Labute approximate surface area is 200 Å². The number of aliphatic carboxylic acids is 1. The minimum atomic E-state index is -0.932. The van der Waals surface area contributed by atoms with E-state index in [4.69, 9.17) is 19.3 Å². The average molecular weight is 483 g/mol. The molecule has 192 valence electrons. The van der Waals surface area contributed by atoms with Gasteiger partial charge in [0.1, 0.15) is 23.3 Å². The van der Waals surface area contributed by atoms with Gasteiger partial charge in [0, 0.05) is 12.1 Å². The van der Waals surface area contributed by atoms with Gasteiger partial charge in [-0.3, -0.25) is 9.80 Å². The average Bonchev–Trinajstić information content (AvgIpc) is 3.54. The Morgan fingerprint density at radius 1 is 0.765 bits per heavy atom. The van der Waals surface area contributed by atoms with E-state index < -0.39 is 41.4 Å². The minimum absolute atomic E-state index is 0.0935. The van der Waals surface area contributed by atoms with Crippen LogP contribution >= 0.6 is 0 Å². The molecule has 34 heavy (non-hydrogen) atoms. The zero-order valence-corrected chi connectivity index (χ0v) is 21.2. The van der Waals surface area contributed by atoms with Crippen molar-refractivity contribution in [2.24, 2.45) is 11.8 Å². The molecule has 2 aliphatic carbocycles. The highest BCUT2D eigenvalue weighted by molar-refractivity contribution is 5.83. The number of ether oxygens (including phenoxy) is 3. The predicted molar refractivity (Wildman–Crippen MR) is 121 cm³/mol. The molecule has 4 fully saturated rings. The molecule has 0 aromatic heterocycles. The molecule has 2 aliphatic heterocycles. The number of carboxylic acid groups (broad SMARTS) is 1. The van der Waals surface area contributed by atoms with Gasteiger partial charge in [0.15, 0.2) is 0 Å². The zero-order valence-electron chi connectivity index (χ0n) is 21.2. The number of esters is 1. The highest BCUT2D eigenvalue weighted by atomic mass is 16.6. The molecule has 0 radical (unpaired) electrons. The van der Waals surface area contributed by atoms with Crippen LogP contribution in [-0.4, -0.2) is 81.0 Å². The Bertz CT molecular complexity index is 830. The summed E-state index contributed by atoms with van der Waals surface area (Å²) in [5.74, 6) is -0.422. The van der Waals surface area contributed by atoms with Crippen LogP contribution in [0.1, 0.15) is 74.1 Å². The van der Waals surface area contributed by atoms with Crippen LogP contribution in [-0.2, 0) is 23.8 Å². The van der Waals surface area contributed by atoms with Crippen molar-refractivity contribution in [1.29, 1.82) is 0 Å². The molecular formula is C24H38N2O8. The fraction of sp³-hybridized carbons (Fsp3) is 0.833. The van der Waals surface area contributed by atoms with Gasteiger partial charge < -0.3 is 19.3 Å². The van der Waals surface area contributed by atoms with Crippen LogP contribution in [0.2, 0.25) is 0 Å². The second-order valence-corrected chi connectivity index (χ2v) is 11.5. The van der Waals surface area contributed by atoms with Gasteiger partial charge in [0.2, 0.25) is 0 Å². The molecule has 6 atom stereocenters. The fourth-order valence-corrected chi connectivity index (χ4v) is 4.74. The number of hydrogen-bond donors (Lipinski definition) is 1. The molecule has 2 saturated carbocycles. The quantitative estimate of drug-likeness (QED) is 0.480. The molecule has 2 heterocycles. The summed E-state index contributed by atoms with van der Waals surface area (Å²) in [4.78, 5) is 49.8. The van der Waals surface area contributed by atoms with Gasteiger partial charge in [-0.15, -0.1) is 0 Å². The van der Waals surface area contributed by atoms with E-state index in [0.29, 0.717) is 31.3 Å². The van der Waals surface area contributed by atoms with E-state index in [1.165, 1.54) is 4.90 Å². The largest absolute Gasteiger partial charge is 0.480 e. The smallest absolute Gasteiger partial charge is 0.411 e. The van der Waals surface area contributed by atoms with Gasteiger partial charge in [-0.05, 0) is 86.0 Å². The second kappa shape index (κ2) is 9.26. The summed E-state index contributed by atoms with van der Waals surface area (Å²) in [7, 11) is 0. The van der Waals surface area contributed by atoms with Crippen molar-refractivity contribution >= 4 is 24.1 Å². The van der Waals surface area contributed by atoms with Crippen molar-refractivity contribution < 1.29 is 38.5 Å². The number of piperidine rings is 2. The highest BCUT2D eigenvalue weighted by Gasteiger charge is 2.58. The van der Waals surface area contributed by atoms with Gasteiger partial charge in [-0.25, -0.2) is 19.2 Å². The van der Waals surface area contributed by atoms with Gasteiger partial charge >= 0.3 is 24.1 Å². The van der Waals surface area contributed by atoms with Gasteiger partial charge in [0.05, 0.1) is 6.61 Å². The number of likely N-dealkylation sites (tertiary alicyclic amines) is 2. The summed E-state index contributed by atoms with van der Waals surface area (Å²) in [5.41, 5.74) is -1.11.